The van der Waals surface area contributed by atoms with E-state index in [1.165, 1.54) is 6.07 Å². The van der Waals surface area contributed by atoms with Gasteiger partial charge in [0.1, 0.15) is 11.3 Å². The quantitative estimate of drug-likeness (QED) is 0.946. The van der Waals surface area contributed by atoms with Gasteiger partial charge in [0.2, 0.25) is 0 Å². The third-order valence-corrected chi connectivity index (χ3v) is 4.46. The molecule has 0 atom stereocenters. The van der Waals surface area contributed by atoms with Crippen LogP contribution in [0.5, 0.6) is 0 Å². The summed E-state index contributed by atoms with van der Waals surface area (Å²) in [6.45, 7) is 6.44. The lowest BCUT2D eigenvalue weighted by molar-refractivity contribution is 0.100. The molecule has 3 rings (SSSR count). The summed E-state index contributed by atoms with van der Waals surface area (Å²) in [6.07, 6.45) is 3.82. The van der Waals surface area contributed by atoms with Gasteiger partial charge < -0.3 is 10.6 Å². The number of halogens is 1. The molecule has 0 aliphatic carbocycles. The Hall–Kier alpha value is -1.95. The Labute approximate surface area is 128 Å². The Bertz CT molecular complexity index is 701. The van der Waals surface area contributed by atoms with Crippen molar-refractivity contribution in [1.29, 1.82) is 0 Å². The molecule has 2 heterocycles. The molecular weight excluding hydrogens is 283 g/mol. The number of nitrogens with zero attached hydrogens (tertiary/aromatic N) is 3. The van der Waals surface area contributed by atoms with Gasteiger partial charge in [0.15, 0.2) is 0 Å². The Morgan fingerprint density at radius 2 is 2.05 bits per heavy atom. The van der Waals surface area contributed by atoms with Gasteiger partial charge in [0, 0.05) is 30.7 Å². The zero-order valence-electron chi connectivity index (χ0n) is 12.9. The molecule has 6 heteroatoms. The molecule has 1 amide bonds. The molecule has 0 radical (unpaired) electrons. The first kappa shape index (κ1) is 15.0. The summed E-state index contributed by atoms with van der Waals surface area (Å²) in [5.41, 5.74) is 5.96. The Morgan fingerprint density at radius 3 is 2.64 bits per heavy atom. The van der Waals surface area contributed by atoms with Crippen LogP contribution in [-0.2, 0) is 0 Å². The minimum absolute atomic E-state index is 0.147. The summed E-state index contributed by atoms with van der Waals surface area (Å²) in [6, 6.07) is 3.39. The number of hydrogen-bond acceptors (Lipinski definition) is 3. The van der Waals surface area contributed by atoms with Gasteiger partial charge in [0.05, 0.1) is 11.6 Å². The zero-order valence-corrected chi connectivity index (χ0v) is 12.9. The van der Waals surface area contributed by atoms with Gasteiger partial charge in [-0.3, -0.25) is 9.48 Å². The topological polar surface area (TPSA) is 64.2 Å². The second-order valence-electron chi connectivity index (χ2n) is 6.23. The van der Waals surface area contributed by atoms with Crippen LogP contribution in [0.25, 0.3) is 10.9 Å². The number of fused-ring (bicyclic) bond motifs is 1. The number of amides is 1. The van der Waals surface area contributed by atoms with Crippen LogP contribution >= 0.6 is 0 Å². The first-order valence-electron chi connectivity index (χ1n) is 7.68. The molecule has 22 heavy (non-hydrogen) atoms. The highest BCUT2D eigenvalue weighted by atomic mass is 19.1. The maximum atomic E-state index is 13.6. The summed E-state index contributed by atoms with van der Waals surface area (Å²) in [5, 5.41) is 5.12. The van der Waals surface area contributed by atoms with Crippen LogP contribution in [0.2, 0.25) is 0 Å². The van der Waals surface area contributed by atoms with Crippen molar-refractivity contribution < 1.29 is 9.18 Å². The summed E-state index contributed by atoms with van der Waals surface area (Å²) >= 11 is 0. The minimum atomic E-state index is -0.649. The number of benzene rings is 1. The summed E-state index contributed by atoms with van der Waals surface area (Å²) in [4.78, 5) is 13.9. The van der Waals surface area contributed by atoms with E-state index >= 15 is 0 Å². The largest absolute Gasteiger partial charge is 0.366 e. The normalized spacial score (nSPS) is 17.5. The van der Waals surface area contributed by atoms with E-state index in [0.717, 1.165) is 32.0 Å². The van der Waals surface area contributed by atoms with Crippen molar-refractivity contribution in [2.75, 3.05) is 13.1 Å². The smallest absolute Gasteiger partial charge is 0.251 e. The van der Waals surface area contributed by atoms with E-state index in [2.05, 4.69) is 23.8 Å². The standard InChI is InChI=1S/C16H21FN4O/c1-10(2)20-5-3-13(4-6-20)21-9-11-7-12(17)8-14(16(18)22)15(11)19-21/h7-10,13H,3-6H2,1-2H3,(H2,18,22). The van der Waals surface area contributed by atoms with Crippen molar-refractivity contribution in [2.24, 2.45) is 5.73 Å². The number of aromatic nitrogens is 2. The lowest BCUT2D eigenvalue weighted by Crippen LogP contribution is -2.39. The molecule has 0 spiro atoms. The molecular formula is C16H21FN4O. The van der Waals surface area contributed by atoms with Crippen molar-refractivity contribution in [2.45, 2.75) is 38.8 Å². The Morgan fingerprint density at radius 1 is 1.36 bits per heavy atom. The van der Waals surface area contributed by atoms with E-state index in [1.54, 1.807) is 0 Å². The number of hydrogen-bond donors (Lipinski definition) is 1. The van der Waals surface area contributed by atoms with Crippen LogP contribution in [0.1, 0.15) is 43.1 Å². The van der Waals surface area contributed by atoms with Crippen LogP contribution in [0.15, 0.2) is 18.3 Å². The highest BCUT2D eigenvalue weighted by molar-refractivity contribution is 6.04. The molecule has 1 fully saturated rings. The molecule has 1 aromatic carbocycles. The van der Waals surface area contributed by atoms with Gasteiger partial charge in [-0.15, -0.1) is 0 Å². The van der Waals surface area contributed by atoms with Gasteiger partial charge in [-0.1, -0.05) is 0 Å². The third-order valence-electron chi connectivity index (χ3n) is 4.46. The number of primary amides is 1. The summed E-state index contributed by atoms with van der Waals surface area (Å²) in [7, 11) is 0. The molecule has 2 N–H and O–H groups in total. The molecule has 2 aromatic rings. The average molecular weight is 304 g/mol. The van der Waals surface area contributed by atoms with Gasteiger partial charge in [-0.2, -0.15) is 5.10 Å². The molecule has 1 aliphatic heterocycles. The van der Waals surface area contributed by atoms with E-state index in [-0.39, 0.29) is 11.6 Å². The molecule has 0 saturated carbocycles. The van der Waals surface area contributed by atoms with E-state index < -0.39 is 11.7 Å². The SMILES string of the molecule is CC(C)N1CCC(n2cc3cc(F)cc(C(N)=O)c3n2)CC1. The van der Waals surface area contributed by atoms with Crippen molar-refractivity contribution in [1.82, 2.24) is 14.7 Å². The predicted molar refractivity (Wildman–Crippen MR) is 83.2 cm³/mol. The van der Waals surface area contributed by atoms with E-state index in [9.17, 15) is 9.18 Å². The average Bonchev–Trinajstić information content (AvgIpc) is 2.89. The Balaban J connectivity index is 1.90. The van der Waals surface area contributed by atoms with Crippen LogP contribution in [0.3, 0.4) is 0 Å². The zero-order chi connectivity index (χ0) is 15.9. The van der Waals surface area contributed by atoms with Crippen LogP contribution in [0.4, 0.5) is 4.39 Å². The molecule has 118 valence electrons. The fourth-order valence-electron chi connectivity index (χ4n) is 3.16. The van der Waals surface area contributed by atoms with Gasteiger partial charge in [-0.05, 0) is 38.8 Å². The fourth-order valence-corrected chi connectivity index (χ4v) is 3.16. The number of nitrogens with two attached hydrogens (primary N) is 1. The van der Waals surface area contributed by atoms with Gasteiger partial charge in [-0.25, -0.2) is 4.39 Å². The Kier molecular flexibility index (Phi) is 3.87. The van der Waals surface area contributed by atoms with Gasteiger partial charge >= 0.3 is 0 Å². The maximum Gasteiger partial charge on any atom is 0.251 e. The molecule has 1 aromatic heterocycles. The van der Waals surface area contributed by atoms with E-state index in [4.69, 9.17) is 5.73 Å². The molecule has 0 bridgehead atoms. The summed E-state index contributed by atoms with van der Waals surface area (Å²) in [5.74, 6) is -1.11. The fraction of sp³-hybridized carbons (Fsp3) is 0.500. The highest BCUT2D eigenvalue weighted by Crippen LogP contribution is 2.26. The number of piperidine rings is 1. The van der Waals surface area contributed by atoms with Crippen molar-refractivity contribution >= 4 is 16.8 Å². The number of carbonyl (C=O) groups excluding carboxylic acids is 1. The molecule has 1 aliphatic rings. The number of carbonyl (C=O) groups is 1. The number of likely N-dealkylation sites (tertiary alicyclic amines) is 1. The van der Waals surface area contributed by atoms with Crippen molar-refractivity contribution in [3.63, 3.8) is 0 Å². The predicted octanol–water partition coefficient (Wildman–Crippen LogP) is 2.32. The third kappa shape index (κ3) is 2.70. The van der Waals surface area contributed by atoms with Crippen LogP contribution < -0.4 is 5.73 Å². The highest BCUT2D eigenvalue weighted by Gasteiger charge is 2.23. The molecule has 0 unspecified atom stereocenters. The lowest BCUT2D eigenvalue weighted by Gasteiger charge is -2.34. The van der Waals surface area contributed by atoms with Crippen LogP contribution in [-0.4, -0.2) is 39.7 Å². The second-order valence-corrected chi connectivity index (χ2v) is 6.23. The minimum Gasteiger partial charge on any atom is -0.366 e. The molecule has 5 nitrogen and oxygen atoms in total. The van der Waals surface area contributed by atoms with Crippen molar-refractivity contribution in [3.05, 3.63) is 29.7 Å². The van der Waals surface area contributed by atoms with E-state index in [0.29, 0.717) is 16.9 Å². The second kappa shape index (κ2) is 5.68. The van der Waals surface area contributed by atoms with Crippen molar-refractivity contribution in [3.8, 4) is 0 Å². The maximum absolute atomic E-state index is 13.6. The first-order chi connectivity index (χ1) is 10.5. The molecule has 1 saturated heterocycles. The monoisotopic (exact) mass is 304 g/mol. The van der Waals surface area contributed by atoms with E-state index in [1.807, 2.05) is 10.9 Å². The summed E-state index contributed by atoms with van der Waals surface area (Å²) < 4.78 is 15.5. The van der Waals surface area contributed by atoms with Gasteiger partial charge in [0.25, 0.3) is 5.91 Å². The lowest BCUT2D eigenvalue weighted by atomic mass is 10.0. The number of rotatable bonds is 3. The van der Waals surface area contributed by atoms with Crippen LogP contribution in [0, 0.1) is 5.82 Å². The first-order valence-corrected chi connectivity index (χ1v) is 7.68.